The number of benzene rings is 2. The van der Waals surface area contributed by atoms with Crippen LogP contribution in [0.25, 0.3) is 11.3 Å². The normalized spacial score (nSPS) is 11.6. The van der Waals surface area contributed by atoms with Crippen LogP contribution in [0.5, 0.6) is 0 Å². The fourth-order valence-electron chi connectivity index (χ4n) is 2.89. The van der Waals surface area contributed by atoms with E-state index in [4.69, 9.17) is 0 Å². The largest absolute Gasteiger partial charge is 0.416 e. The first-order valence-corrected chi connectivity index (χ1v) is 8.39. The standard InChI is InChI=1S/C20H17F3N4/c1-12(2)15-7-14(6-13-4-3-5-17(9-13)20(21,22)23)8-16(10-15)19-18(11-24)25-27-26-19/h3-5,7-10,12H,6H2,1-2H3,(H,25,26,27). The van der Waals surface area contributed by atoms with E-state index in [1.165, 1.54) is 12.1 Å². The molecule has 3 aromatic rings. The van der Waals surface area contributed by atoms with Crippen LogP contribution in [0.4, 0.5) is 13.2 Å². The Kier molecular flexibility index (Phi) is 5.00. The van der Waals surface area contributed by atoms with Crippen LogP contribution in [0, 0.1) is 11.3 Å². The van der Waals surface area contributed by atoms with Gasteiger partial charge in [-0.2, -0.15) is 18.4 Å². The second-order valence-corrected chi connectivity index (χ2v) is 6.64. The molecule has 7 heteroatoms. The number of hydrogen-bond donors (Lipinski definition) is 1. The topological polar surface area (TPSA) is 65.4 Å². The monoisotopic (exact) mass is 370 g/mol. The maximum atomic E-state index is 13.0. The lowest BCUT2D eigenvalue weighted by molar-refractivity contribution is -0.137. The number of nitrogens with zero attached hydrogens (tertiary/aromatic N) is 3. The van der Waals surface area contributed by atoms with Crippen molar-refractivity contribution in [1.82, 2.24) is 15.4 Å². The summed E-state index contributed by atoms with van der Waals surface area (Å²) in [6, 6.07) is 13.1. The van der Waals surface area contributed by atoms with Gasteiger partial charge < -0.3 is 0 Å². The number of halogens is 3. The van der Waals surface area contributed by atoms with Gasteiger partial charge in [-0.15, -0.1) is 5.10 Å². The highest BCUT2D eigenvalue weighted by molar-refractivity contribution is 5.66. The van der Waals surface area contributed by atoms with Gasteiger partial charge >= 0.3 is 6.18 Å². The van der Waals surface area contributed by atoms with Gasteiger partial charge in [-0.05, 0) is 47.2 Å². The van der Waals surface area contributed by atoms with Crippen molar-refractivity contribution in [2.45, 2.75) is 32.4 Å². The van der Waals surface area contributed by atoms with Crippen molar-refractivity contribution < 1.29 is 13.2 Å². The molecule has 0 radical (unpaired) electrons. The Balaban J connectivity index is 2.02. The van der Waals surface area contributed by atoms with Gasteiger partial charge in [-0.1, -0.05) is 43.3 Å². The van der Waals surface area contributed by atoms with Crippen LogP contribution in [0.3, 0.4) is 0 Å². The van der Waals surface area contributed by atoms with Crippen molar-refractivity contribution in [1.29, 1.82) is 5.26 Å². The fraction of sp³-hybridized carbons (Fsp3) is 0.250. The third kappa shape index (κ3) is 4.17. The van der Waals surface area contributed by atoms with Gasteiger partial charge in [-0.25, -0.2) is 5.10 Å². The van der Waals surface area contributed by atoms with Gasteiger partial charge in [0.25, 0.3) is 0 Å². The summed E-state index contributed by atoms with van der Waals surface area (Å²) in [6.45, 7) is 4.06. The van der Waals surface area contributed by atoms with Crippen molar-refractivity contribution in [3.63, 3.8) is 0 Å². The number of H-pyrrole nitrogens is 1. The predicted molar refractivity (Wildman–Crippen MR) is 94.9 cm³/mol. The van der Waals surface area contributed by atoms with Crippen molar-refractivity contribution in [2.24, 2.45) is 0 Å². The molecular formula is C20H17F3N4. The summed E-state index contributed by atoms with van der Waals surface area (Å²) in [7, 11) is 0. The molecule has 1 N–H and O–H groups in total. The molecule has 0 saturated carbocycles. The molecule has 2 aromatic carbocycles. The molecule has 0 spiro atoms. The molecule has 0 fully saturated rings. The molecular weight excluding hydrogens is 353 g/mol. The zero-order valence-electron chi connectivity index (χ0n) is 14.8. The molecule has 0 saturated heterocycles. The van der Waals surface area contributed by atoms with E-state index < -0.39 is 11.7 Å². The SMILES string of the molecule is CC(C)c1cc(Cc2cccc(C(F)(F)F)c2)cc(-c2nn[nH]c2C#N)c1. The first kappa shape index (κ1) is 18.6. The van der Waals surface area contributed by atoms with Gasteiger partial charge in [0, 0.05) is 5.56 Å². The third-order valence-corrected chi connectivity index (χ3v) is 4.28. The Labute approximate surface area is 154 Å². The number of hydrogen-bond acceptors (Lipinski definition) is 3. The number of aromatic amines is 1. The molecule has 0 amide bonds. The molecule has 0 aliphatic heterocycles. The minimum atomic E-state index is -4.37. The van der Waals surface area contributed by atoms with Gasteiger partial charge in [0.05, 0.1) is 5.56 Å². The Morgan fingerprint density at radius 3 is 2.56 bits per heavy atom. The van der Waals surface area contributed by atoms with E-state index in [9.17, 15) is 18.4 Å². The molecule has 0 bridgehead atoms. The number of aromatic nitrogens is 3. The molecule has 1 heterocycles. The Hall–Kier alpha value is -3.14. The summed E-state index contributed by atoms with van der Waals surface area (Å²) in [5.41, 5.74) is 3.17. The van der Waals surface area contributed by atoms with Crippen molar-refractivity contribution in [3.8, 4) is 17.3 Å². The fourth-order valence-corrected chi connectivity index (χ4v) is 2.89. The van der Waals surface area contributed by atoms with Crippen LogP contribution in [0.1, 0.15) is 47.7 Å². The van der Waals surface area contributed by atoms with E-state index in [1.807, 2.05) is 38.1 Å². The molecule has 0 atom stereocenters. The summed E-state index contributed by atoms with van der Waals surface area (Å²) in [5, 5.41) is 19.4. The number of rotatable bonds is 4. The number of nitriles is 1. The summed E-state index contributed by atoms with van der Waals surface area (Å²) in [5.74, 6) is 0.211. The molecule has 0 unspecified atom stereocenters. The highest BCUT2D eigenvalue weighted by Crippen LogP contribution is 2.31. The summed E-state index contributed by atoms with van der Waals surface area (Å²) in [6.07, 6.45) is -4.03. The summed E-state index contributed by atoms with van der Waals surface area (Å²) >= 11 is 0. The highest BCUT2D eigenvalue weighted by atomic mass is 19.4. The second kappa shape index (κ2) is 7.23. The van der Waals surface area contributed by atoms with Crippen molar-refractivity contribution in [2.75, 3.05) is 0 Å². The van der Waals surface area contributed by atoms with E-state index >= 15 is 0 Å². The predicted octanol–water partition coefficient (Wildman–Crippen LogP) is 5.08. The van der Waals surface area contributed by atoms with Gasteiger partial charge in [0.15, 0.2) is 5.69 Å². The third-order valence-electron chi connectivity index (χ3n) is 4.28. The minimum absolute atomic E-state index is 0.211. The van der Waals surface area contributed by atoms with E-state index in [1.54, 1.807) is 6.07 Å². The summed E-state index contributed by atoms with van der Waals surface area (Å²) < 4.78 is 38.9. The second-order valence-electron chi connectivity index (χ2n) is 6.64. The zero-order valence-corrected chi connectivity index (χ0v) is 14.8. The van der Waals surface area contributed by atoms with Crippen LogP contribution in [0.15, 0.2) is 42.5 Å². The molecule has 138 valence electrons. The van der Waals surface area contributed by atoms with Gasteiger partial charge in [-0.3, -0.25) is 0 Å². The van der Waals surface area contributed by atoms with Gasteiger partial charge in [0.2, 0.25) is 0 Å². The van der Waals surface area contributed by atoms with Crippen LogP contribution < -0.4 is 0 Å². The Morgan fingerprint density at radius 2 is 1.89 bits per heavy atom. The first-order valence-electron chi connectivity index (χ1n) is 8.39. The van der Waals surface area contributed by atoms with Crippen molar-refractivity contribution >= 4 is 0 Å². The van der Waals surface area contributed by atoms with Gasteiger partial charge in [0.1, 0.15) is 11.8 Å². The van der Waals surface area contributed by atoms with E-state index in [0.29, 0.717) is 23.2 Å². The zero-order chi connectivity index (χ0) is 19.6. The lowest BCUT2D eigenvalue weighted by Crippen LogP contribution is -2.05. The number of alkyl halides is 3. The molecule has 1 aromatic heterocycles. The molecule has 27 heavy (non-hydrogen) atoms. The lowest BCUT2D eigenvalue weighted by Gasteiger charge is -2.13. The van der Waals surface area contributed by atoms with Crippen LogP contribution in [-0.2, 0) is 12.6 Å². The van der Waals surface area contributed by atoms with Crippen LogP contribution in [-0.4, -0.2) is 15.4 Å². The lowest BCUT2D eigenvalue weighted by atomic mass is 9.93. The Bertz CT molecular complexity index is 997. The number of nitrogens with one attached hydrogen (secondary N) is 1. The highest BCUT2D eigenvalue weighted by Gasteiger charge is 2.30. The maximum Gasteiger partial charge on any atom is 0.416 e. The smallest absolute Gasteiger partial charge is 0.247 e. The van der Waals surface area contributed by atoms with E-state index in [-0.39, 0.29) is 11.6 Å². The van der Waals surface area contributed by atoms with E-state index in [0.717, 1.165) is 17.2 Å². The molecule has 0 aliphatic rings. The van der Waals surface area contributed by atoms with Crippen LogP contribution in [0.2, 0.25) is 0 Å². The molecule has 4 nitrogen and oxygen atoms in total. The average molecular weight is 370 g/mol. The molecule has 0 aliphatic carbocycles. The quantitative estimate of drug-likeness (QED) is 0.697. The Morgan fingerprint density at radius 1 is 1.11 bits per heavy atom. The van der Waals surface area contributed by atoms with E-state index in [2.05, 4.69) is 15.4 Å². The first-order chi connectivity index (χ1) is 12.8. The summed E-state index contributed by atoms with van der Waals surface area (Å²) in [4.78, 5) is 0. The minimum Gasteiger partial charge on any atom is -0.247 e. The van der Waals surface area contributed by atoms with Crippen molar-refractivity contribution in [3.05, 3.63) is 70.4 Å². The molecule has 3 rings (SSSR count). The van der Waals surface area contributed by atoms with Crippen LogP contribution >= 0.6 is 0 Å². The average Bonchev–Trinajstić information content (AvgIpc) is 3.09. The maximum absolute atomic E-state index is 13.0.